The van der Waals surface area contributed by atoms with Crippen LogP contribution in [-0.4, -0.2) is 7.05 Å². The molecule has 0 aliphatic rings. The van der Waals surface area contributed by atoms with Crippen LogP contribution >= 0.6 is 50.7 Å². The highest BCUT2D eigenvalue weighted by Gasteiger charge is 2.12. The molecule has 1 unspecified atom stereocenters. The van der Waals surface area contributed by atoms with Crippen molar-refractivity contribution in [3.05, 3.63) is 67.1 Å². The fourth-order valence-corrected chi connectivity index (χ4v) is 3.27. The lowest BCUT2D eigenvalue weighted by Crippen LogP contribution is -2.18. The lowest BCUT2D eigenvalue weighted by Gasteiger charge is -2.18. The number of nitrogens with one attached hydrogen (secondary N) is 1. The highest BCUT2D eigenvalue weighted by Crippen LogP contribution is 2.28. The largest absolute Gasteiger partial charge is 0.313 e. The van der Waals surface area contributed by atoms with Crippen LogP contribution in [0.2, 0.25) is 15.1 Å². The molecule has 0 aromatic heterocycles. The lowest BCUT2D eigenvalue weighted by molar-refractivity contribution is 0.592. The maximum atomic E-state index is 6.10. The van der Waals surface area contributed by atoms with Gasteiger partial charge in [-0.3, -0.25) is 0 Å². The molecule has 0 fully saturated rings. The second-order valence-electron chi connectivity index (χ2n) is 4.50. The average Bonchev–Trinajstić information content (AvgIpc) is 2.38. The molecule has 1 nitrogen and oxygen atoms in total. The SMILES string of the molecule is CNC(Cc1ccc(Cl)c(Cl)c1)c1cc(Cl)cc(Br)c1. The maximum Gasteiger partial charge on any atom is 0.0595 e. The molecule has 0 aliphatic heterocycles. The summed E-state index contributed by atoms with van der Waals surface area (Å²) in [7, 11) is 1.93. The third kappa shape index (κ3) is 4.12. The van der Waals surface area contributed by atoms with Gasteiger partial charge in [0.25, 0.3) is 0 Å². The summed E-state index contributed by atoms with van der Waals surface area (Å²) in [5.41, 5.74) is 2.24. The summed E-state index contributed by atoms with van der Waals surface area (Å²) in [6.45, 7) is 0. The van der Waals surface area contributed by atoms with Gasteiger partial charge in [0.1, 0.15) is 0 Å². The Kier molecular flexibility index (Phi) is 5.76. The minimum absolute atomic E-state index is 0.155. The molecule has 0 amide bonds. The van der Waals surface area contributed by atoms with Gasteiger partial charge in [-0.2, -0.15) is 0 Å². The van der Waals surface area contributed by atoms with E-state index in [0.717, 1.165) is 22.0 Å². The summed E-state index contributed by atoms with van der Waals surface area (Å²) in [6, 6.07) is 11.8. The molecule has 106 valence electrons. The van der Waals surface area contributed by atoms with Gasteiger partial charge in [-0.15, -0.1) is 0 Å². The smallest absolute Gasteiger partial charge is 0.0595 e. The van der Waals surface area contributed by atoms with Gasteiger partial charge >= 0.3 is 0 Å². The van der Waals surface area contributed by atoms with Crippen molar-refractivity contribution < 1.29 is 0 Å². The fraction of sp³-hybridized carbons (Fsp3) is 0.200. The summed E-state index contributed by atoms with van der Waals surface area (Å²) in [5, 5.41) is 5.16. The Balaban J connectivity index is 2.26. The van der Waals surface area contributed by atoms with Crippen LogP contribution in [-0.2, 0) is 6.42 Å². The molecule has 2 aromatic rings. The zero-order valence-electron chi connectivity index (χ0n) is 10.8. The van der Waals surface area contributed by atoms with Crippen LogP contribution < -0.4 is 5.32 Å². The first-order valence-electron chi connectivity index (χ1n) is 6.07. The van der Waals surface area contributed by atoms with Gasteiger partial charge in [0, 0.05) is 15.5 Å². The Bertz CT molecular complexity index is 596. The van der Waals surface area contributed by atoms with Gasteiger partial charge in [0.2, 0.25) is 0 Å². The van der Waals surface area contributed by atoms with Crippen LogP contribution in [0.25, 0.3) is 0 Å². The van der Waals surface area contributed by atoms with E-state index in [1.165, 1.54) is 0 Å². The molecule has 2 rings (SSSR count). The molecule has 0 radical (unpaired) electrons. The Hall–Kier alpha value is -0.250. The summed E-state index contributed by atoms with van der Waals surface area (Å²) < 4.78 is 0.967. The van der Waals surface area contributed by atoms with E-state index in [1.807, 2.05) is 37.4 Å². The Morgan fingerprint density at radius 3 is 2.40 bits per heavy atom. The van der Waals surface area contributed by atoms with Gasteiger partial charge < -0.3 is 5.32 Å². The topological polar surface area (TPSA) is 12.0 Å². The van der Waals surface area contributed by atoms with E-state index >= 15 is 0 Å². The molecule has 0 saturated heterocycles. The summed E-state index contributed by atoms with van der Waals surface area (Å²) in [6.07, 6.45) is 0.806. The van der Waals surface area contributed by atoms with Crippen molar-refractivity contribution >= 4 is 50.7 Å². The monoisotopic (exact) mass is 391 g/mol. The third-order valence-corrected chi connectivity index (χ3v) is 4.47. The molecule has 0 saturated carbocycles. The van der Waals surface area contributed by atoms with Crippen LogP contribution in [0.5, 0.6) is 0 Å². The predicted octanol–water partition coefficient (Wildman–Crippen LogP) is 5.91. The first-order valence-corrected chi connectivity index (χ1v) is 7.99. The highest BCUT2D eigenvalue weighted by atomic mass is 79.9. The van der Waals surface area contributed by atoms with Crippen LogP contribution in [0, 0.1) is 0 Å². The lowest BCUT2D eigenvalue weighted by atomic mass is 9.99. The van der Waals surface area contributed by atoms with Gasteiger partial charge in [-0.05, 0) is 54.9 Å². The Labute approximate surface area is 142 Å². The first-order chi connectivity index (χ1) is 9.49. The zero-order chi connectivity index (χ0) is 14.7. The molecule has 1 N–H and O–H groups in total. The third-order valence-electron chi connectivity index (χ3n) is 3.06. The van der Waals surface area contributed by atoms with E-state index in [0.29, 0.717) is 15.1 Å². The van der Waals surface area contributed by atoms with E-state index < -0.39 is 0 Å². The minimum atomic E-state index is 0.155. The summed E-state index contributed by atoms with van der Waals surface area (Å²) in [5.74, 6) is 0. The van der Waals surface area contributed by atoms with Crippen molar-refractivity contribution in [1.82, 2.24) is 5.32 Å². The van der Waals surface area contributed by atoms with Crippen molar-refractivity contribution in [2.45, 2.75) is 12.5 Å². The summed E-state index contributed by atoms with van der Waals surface area (Å²) >= 11 is 21.6. The molecule has 0 spiro atoms. The fourth-order valence-electron chi connectivity index (χ4n) is 2.07. The Morgan fingerprint density at radius 2 is 1.80 bits per heavy atom. The molecule has 2 aromatic carbocycles. The van der Waals surface area contributed by atoms with Crippen molar-refractivity contribution in [3.8, 4) is 0 Å². The van der Waals surface area contributed by atoms with Gasteiger partial charge in [0.15, 0.2) is 0 Å². The first kappa shape index (κ1) is 16.1. The number of rotatable bonds is 4. The maximum absolute atomic E-state index is 6.10. The van der Waals surface area contributed by atoms with Crippen LogP contribution in [0.4, 0.5) is 0 Å². The second kappa shape index (κ2) is 7.15. The number of benzene rings is 2. The molecule has 0 bridgehead atoms. The van der Waals surface area contributed by atoms with E-state index in [9.17, 15) is 0 Å². The van der Waals surface area contributed by atoms with Gasteiger partial charge in [-0.1, -0.05) is 56.8 Å². The van der Waals surface area contributed by atoms with Gasteiger partial charge in [-0.25, -0.2) is 0 Å². The van der Waals surface area contributed by atoms with Crippen LogP contribution in [0.3, 0.4) is 0 Å². The van der Waals surface area contributed by atoms with E-state index in [4.69, 9.17) is 34.8 Å². The number of hydrogen-bond donors (Lipinski definition) is 1. The van der Waals surface area contributed by atoms with E-state index in [1.54, 1.807) is 0 Å². The zero-order valence-corrected chi connectivity index (χ0v) is 14.6. The number of hydrogen-bond acceptors (Lipinski definition) is 1. The van der Waals surface area contributed by atoms with Crippen molar-refractivity contribution in [2.24, 2.45) is 0 Å². The van der Waals surface area contributed by atoms with Crippen molar-refractivity contribution in [2.75, 3.05) is 7.05 Å². The standard InChI is InChI=1S/C15H13BrCl3N/c1-20-15(10-6-11(16)8-12(17)7-10)5-9-2-3-13(18)14(19)4-9/h2-4,6-8,15,20H,5H2,1H3. The molecule has 0 aliphatic carbocycles. The molecule has 20 heavy (non-hydrogen) atoms. The summed E-state index contributed by atoms with van der Waals surface area (Å²) in [4.78, 5) is 0. The second-order valence-corrected chi connectivity index (χ2v) is 6.66. The van der Waals surface area contributed by atoms with Gasteiger partial charge in [0.05, 0.1) is 10.0 Å². The molecule has 5 heteroatoms. The normalized spacial score (nSPS) is 12.4. The highest BCUT2D eigenvalue weighted by molar-refractivity contribution is 9.10. The molecular weight excluding hydrogens is 380 g/mol. The van der Waals surface area contributed by atoms with Crippen LogP contribution in [0.1, 0.15) is 17.2 Å². The molecular formula is C15H13BrCl3N. The quantitative estimate of drug-likeness (QED) is 0.681. The molecule has 1 atom stereocenters. The van der Waals surface area contributed by atoms with Crippen molar-refractivity contribution in [1.29, 1.82) is 0 Å². The molecule has 0 heterocycles. The predicted molar refractivity (Wildman–Crippen MR) is 91.1 cm³/mol. The van der Waals surface area contributed by atoms with E-state index in [-0.39, 0.29) is 6.04 Å². The Morgan fingerprint density at radius 1 is 1.05 bits per heavy atom. The van der Waals surface area contributed by atoms with E-state index in [2.05, 4.69) is 27.3 Å². The van der Waals surface area contributed by atoms with Crippen molar-refractivity contribution in [3.63, 3.8) is 0 Å². The number of halogens is 4. The minimum Gasteiger partial charge on any atom is -0.313 e. The average molecular weight is 394 g/mol. The van der Waals surface area contributed by atoms with Crippen LogP contribution in [0.15, 0.2) is 40.9 Å². The number of likely N-dealkylation sites (N-methyl/N-ethyl adjacent to an activating group) is 1.